The number of pyridine rings is 1. The summed E-state index contributed by atoms with van der Waals surface area (Å²) in [6, 6.07) is 16.4. The summed E-state index contributed by atoms with van der Waals surface area (Å²) < 4.78 is 5.80. The van der Waals surface area contributed by atoms with Gasteiger partial charge in [0.25, 0.3) is 0 Å². The average Bonchev–Trinajstić information content (AvgIpc) is 2.74. The molecule has 4 rings (SSSR count). The third-order valence-electron chi connectivity index (χ3n) is 4.83. The van der Waals surface area contributed by atoms with Gasteiger partial charge in [-0.1, -0.05) is 18.2 Å². The number of nitrogens with zero attached hydrogens (tertiary/aromatic N) is 2. The highest BCUT2D eigenvalue weighted by Crippen LogP contribution is 2.27. The quantitative estimate of drug-likeness (QED) is 0.677. The number of carbonyl (C=O) groups is 2. The van der Waals surface area contributed by atoms with E-state index in [2.05, 4.69) is 15.6 Å². The van der Waals surface area contributed by atoms with Gasteiger partial charge in [0.2, 0.25) is 5.91 Å². The first kappa shape index (κ1) is 19.4. The fourth-order valence-electron chi connectivity index (χ4n) is 3.47. The number of rotatable bonds is 4. The van der Waals surface area contributed by atoms with Gasteiger partial charge in [-0.25, -0.2) is 4.79 Å². The average molecular weight is 402 g/mol. The van der Waals surface area contributed by atoms with Crippen molar-refractivity contribution in [1.82, 2.24) is 9.88 Å². The normalized spacial score (nSPS) is 12.6. The van der Waals surface area contributed by atoms with Gasteiger partial charge in [-0.15, -0.1) is 0 Å². The molecule has 1 aliphatic heterocycles. The van der Waals surface area contributed by atoms with Crippen molar-refractivity contribution in [2.45, 2.75) is 19.9 Å². The second-order valence-corrected chi connectivity index (χ2v) is 7.04. The molecule has 7 heteroatoms. The summed E-state index contributed by atoms with van der Waals surface area (Å²) in [5, 5.41) is 5.81. The molecule has 2 N–H and O–H groups in total. The van der Waals surface area contributed by atoms with Crippen LogP contribution in [0, 0.1) is 0 Å². The smallest absolute Gasteiger partial charge is 0.322 e. The number of anilines is 2. The summed E-state index contributed by atoms with van der Waals surface area (Å²) in [7, 11) is 0. The number of ether oxygens (including phenoxy) is 1. The van der Waals surface area contributed by atoms with Crippen LogP contribution in [0.4, 0.5) is 16.2 Å². The Labute approximate surface area is 174 Å². The molecule has 0 fully saturated rings. The fourth-order valence-corrected chi connectivity index (χ4v) is 3.47. The van der Waals surface area contributed by atoms with Gasteiger partial charge in [-0.3, -0.25) is 9.78 Å². The Hall–Kier alpha value is -3.87. The number of hydrogen-bond donors (Lipinski definition) is 2. The maximum absolute atomic E-state index is 12.8. The summed E-state index contributed by atoms with van der Waals surface area (Å²) in [6.45, 7) is 2.55. The van der Waals surface area contributed by atoms with Crippen LogP contribution in [0.3, 0.4) is 0 Å². The van der Waals surface area contributed by atoms with Crippen LogP contribution in [0.25, 0.3) is 0 Å². The minimum Gasteiger partial charge on any atom is -0.457 e. The van der Waals surface area contributed by atoms with Crippen LogP contribution in [0.2, 0.25) is 0 Å². The third-order valence-corrected chi connectivity index (χ3v) is 4.83. The summed E-state index contributed by atoms with van der Waals surface area (Å²) in [4.78, 5) is 30.0. The monoisotopic (exact) mass is 402 g/mol. The summed E-state index contributed by atoms with van der Waals surface area (Å²) >= 11 is 0. The van der Waals surface area contributed by atoms with Gasteiger partial charge < -0.3 is 20.3 Å². The Bertz CT molecular complexity index is 1070. The second-order valence-electron chi connectivity index (χ2n) is 7.04. The molecule has 0 saturated carbocycles. The van der Waals surface area contributed by atoms with Gasteiger partial charge in [-0.05, 0) is 47.9 Å². The second kappa shape index (κ2) is 8.65. The Morgan fingerprint density at radius 1 is 1.00 bits per heavy atom. The van der Waals surface area contributed by atoms with Crippen LogP contribution >= 0.6 is 0 Å². The molecule has 1 aliphatic rings. The van der Waals surface area contributed by atoms with Crippen LogP contribution in [-0.2, 0) is 17.8 Å². The van der Waals surface area contributed by atoms with Crippen molar-refractivity contribution in [2.24, 2.45) is 0 Å². The molecule has 0 radical (unpaired) electrons. The number of benzene rings is 2. The molecular formula is C23H22N4O3. The van der Waals surface area contributed by atoms with Crippen molar-refractivity contribution in [2.75, 3.05) is 17.2 Å². The van der Waals surface area contributed by atoms with Crippen molar-refractivity contribution in [3.63, 3.8) is 0 Å². The zero-order valence-corrected chi connectivity index (χ0v) is 16.6. The molecule has 7 nitrogen and oxygen atoms in total. The molecule has 2 aromatic carbocycles. The van der Waals surface area contributed by atoms with E-state index in [9.17, 15) is 9.59 Å². The van der Waals surface area contributed by atoms with Gasteiger partial charge in [0.1, 0.15) is 11.5 Å². The number of aromatic nitrogens is 1. The van der Waals surface area contributed by atoms with Gasteiger partial charge in [0, 0.05) is 49.8 Å². The molecule has 2 heterocycles. The van der Waals surface area contributed by atoms with Crippen molar-refractivity contribution >= 4 is 23.3 Å². The first-order valence-corrected chi connectivity index (χ1v) is 9.71. The van der Waals surface area contributed by atoms with E-state index in [0.717, 1.165) is 16.8 Å². The highest BCUT2D eigenvalue weighted by Gasteiger charge is 2.23. The van der Waals surface area contributed by atoms with Crippen LogP contribution in [0.1, 0.15) is 18.1 Å². The zero-order chi connectivity index (χ0) is 20.9. The van der Waals surface area contributed by atoms with Crippen molar-refractivity contribution < 1.29 is 14.3 Å². The predicted molar refractivity (Wildman–Crippen MR) is 115 cm³/mol. The van der Waals surface area contributed by atoms with E-state index in [1.54, 1.807) is 35.5 Å². The van der Waals surface area contributed by atoms with E-state index < -0.39 is 0 Å². The number of hydrogen-bond acceptors (Lipinski definition) is 4. The number of carbonyl (C=O) groups excluding carboxylic acids is 2. The highest BCUT2D eigenvalue weighted by atomic mass is 16.5. The van der Waals surface area contributed by atoms with Crippen LogP contribution < -0.4 is 15.4 Å². The molecule has 0 spiro atoms. The van der Waals surface area contributed by atoms with E-state index in [1.807, 2.05) is 36.4 Å². The Kier molecular flexibility index (Phi) is 5.61. The number of nitrogens with one attached hydrogen (secondary N) is 2. The fraction of sp³-hybridized carbons (Fsp3) is 0.174. The lowest BCUT2D eigenvalue weighted by atomic mass is 9.98. The summed E-state index contributed by atoms with van der Waals surface area (Å²) in [5.41, 5.74) is 3.60. The molecule has 0 bridgehead atoms. The summed E-state index contributed by atoms with van der Waals surface area (Å²) in [6.07, 6.45) is 4.00. The van der Waals surface area contributed by atoms with Crippen molar-refractivity contribution in [1.29, 1.82) is 0 Å². The molecule has 3 amide bonds. The van der Waals surface area contributed by atoms with Gasteiger partial charge >= 0.3 is 6.03 Å². The minimum absolute atomic E-state index is 0.0996. The number of fused-ring (bicyclic) bond motifs is 1. The predicted octanol–water partition coefficient (Wildman–Crippen LogP) is 4.42. The lowest BCUT2D eigenvalue weighted by Gasteiger charge is -2.30. The van der Waals surface area contributed by atoms with E-state index in [0.29, 0.717) is 36.7 Å². The van der Waals surface area contributed by atoms with E-state index in [-0.39, 0.29) is 11.9 Å². The molecule has 0 saturated heterocycles. The van der Waals surface area contributed by atoms with Gasteiger partial charge in [-0.2, -0.15) is 0 Å². The standard InChI is InChI=1S/C23H22N4O3/c1-16(28)25-22-7-2-4-17-15-27(13-10-21(17)22)23(29)26-18-5-3-6-20(14-18)30-19-8-11-24-12-9-19/h2-9,11-12,14H,10,13,15H2,1H3,(H,25,28)(H,26,29). The Morgan fingerprint density at radius 3 is 2.60 bits per heavy atom. The zero-order valence-electron chi connectivity index (χ0n) is 16.6. The highest BCUT2D eigenvalue weighted by molar-refractivity contribution is 5.91. The van der Waals surface area contributed by atoms with E-state index >= 15 is 0 Å². The largest absolute Gasteiger partial charge is 0.457 e. The lowest BCUT2D eigenvalue weighted by Crippen LogP contribution is -2.39. The molecule has 0 atom stereocenters. The number of urea groups is 1. The van der Waals surface area contributed by atoms with E-state index in [1.165, 1.54) is 6.92 Å². The number of amides is 3. The Morgan fingerprint density at radius 2 is 1.80 bits per heavy atom. The van der Waals surface area contributed by atoms with Crippen molar-refractivity contribution in [3.05, 3.63) is 78.1 Å². The molecule has 30 heavy (non-hydrogen) atoms. The lowest BCUT2D eigenvalue weighted by molar-refractivity contribution is -0.114. The SMILES string of the molecule is CC(=O)Nc1cccc2c1CCN(C(=O)Nc1cccc(Oc3ccncc3)c1)C2. The molecule has 0 unspecified atom stereocenters. The maximum atomic E-state index is 12.8. The maximum Gasteiger partial charge on any atom is 0.322 e. The van der Waals surface area contributed by atoms with Gasteiger partial charge in [0.15, 0.2) is 0 Å². The summed E-state index contributed by atoms with van der Waals surface area (Å²) in [5.74, 6) is 1.21. The molecule has 3 aromatic rings. The van der Waals surface area contributed by atoms with Crippen LogP contribution in [0.5, 0.6) is 11.5 Å². The van der Waals surface area contributed by atoms with Crippen LogP contribution in [-0.4, -0.2) is 28.4 Å². The first-order valence-electron chi connectivity index (χ1n) is 9.71. The molecule has 1 aromatic heterocycles. The third kappa shape index (κ3) is 4.57. The van der Waals surface area contributed by atoms with Crippen molar-refractivity contribution in [3.8, 4) is 11.5 Å². The molecular weight excluding hydrogens is 380 g/mol. The van der Waals surface area contributed by atoms with E-state index in [4.69, 9.17) is 4.74 Å². The molecule has 152 valence electrons. The first-order chi connectivity index (χ1) is 14.6. The topological polar surface area (TPSA) is 83.6 Å². The molecule has 0 aliphatic carbocycles. The van der Waals surface area contributed by atoms with Gasteiger partial charge in [0.05, 0.1) is 0 Å². The minimum atomic E-state index is -0.174. The Balaban J connectivity index is 1.43. The van der Waals surface area contributed by atoms with Crippen LogP contribution in [0.15, 0.2) is 67.0 Å².